The first-order valence-electron chi connectivity index (χ1n) is 20.9. The molecule has 3 aliphatic rings. The average molecular weight is 910 g/mol. The number of nitrogens with one attached hydrogen (secondary N) is 2. The zero-order valence-corrected chi connectivity index (χ0v) is 35.2. The maximum atomic E-state index is 13.7. The van der Waals surface area contributed by atoms with E-state index >= 15 is 0 Å². The van der Waals surface area contributed by atoms with Crippen molar-refractivity contribution in [3.8, 4) is 28.7 Å². The number of aromatic hydroxyl groups is 2. The molecule has 3 aliphatic heterocycles. The van der Waals surface area contributed by atoms with E-state index in [4.69, 9.17) is 28.4 Å². The van der Waals surface area contributed by atoms with E-state index in [0.29, 0.717) is 41.1 Å². The third-order valence-corrected chi connectivity index (χ3v) is 11.3. The Morgan fingerprint density at radius 3 is 2.29 bits per heavy atom. The molecule has 8 rings (SSSR count). The number of hydrogen-bond donors (Lipinski definition) is 8. The highest BCUT2D eigenvalue weighted by Crippen LogP contribution is 2.57. The van der Waals surface area contributed by atoms with Gasteiger partial charge in [-0.15, -0.1) is 5.10 Å². The lowest BCUT2D eigenvalue weighted by molar-refractivity contribution is -0.300. The molecule has 1 spiro atoms. The molecule has 2 amide bonds. The molecule has 20 heteroatoms. The Labute approximate surface area is 376 Å². The molecular weight excluding hydrogens is 863 g/mol. The number of aliphatic hydroxyl groups excluding tert-OH is 4. The summed E-state index contributed by atoms with van der Waals surface area (Å²) in [6.07, 6.45) is -3.57. The lowest BCUT2D eigenvalue weighted by Gasteiger charge is -2.39. The number of carbonyl (C=O) groups is 3. The number of nitrogens with zero attached hydrogens (tertiary/aromatic N) is 3. The largest absolute Gasteiger partial charge is 0.508 e. The van der Waals surface area contributed by atoms with Crippen LogP contribution in [-0.2, 0) is 53.5 Å². The van der Waals surface area contributed by atoms with Crippen molar-refractivity contribution in [2.45, 2.75) is 61.7 Å². The molecule has 1 saturated heterocycles. The van der Waals surface area contributed by atoms with E-state index in [9.17, 15) is 45.0 Å². The lowest BCUT2D eigenvalue weighted by atomic mass is 9.77. The third kappa shape index (κ3) is 9.56. The van der Waals surface area contributed by atoms with Crippen LogP contribution in [0.1, 0.15) is 38.3 Å². The fourth-order valence-corrected chi connectivity index (χ4v) is 7.93. The predicted octanol–water partition coefficient (Wildman–Crippen LogP) is 1.56. The summed E-state index contributed by atoms with van der Waals surface area (Å²) in [6, 6.07) is 19.7. The number of anilines is 1. The number of phenols is 2. The van der Waals surface area contributed by atoms with Crippen molar-refractivity contribution in [3.05, 3.63) is 131 Å². The first-order valence-corrected chi connectivity index (χ1v) is 20.9. The summed E-state index contributed by atoms with van der Waals surface area (Å²) in [5.41, 5.74) is 1.58. The molecule has 4 aromatic carbocycles. The van der Waals surface area contributed by atoms with Gasteiger partial charge in [-0.3, -0.25) is 9.59 Å². The van der Waals surface area contributed by atoms with Crippen LogP contribution < -0.4 is 20.1 Å². The van der Waals surface area contributed by atoms with E-state index in [1.165, 1.54) is 35.0 Å². The number of benzene rings is 4. The summed E-state index contributed by atoms with van der Waals surface area (Å²) in [7, 11) is 0. The third-order valence-electron chi connectivity index (χ3n) is 11.3. The van der Waals surface area contributed by atoms with Crippen molar-refractivity contribution in [2.24, 2.45) is 0 Å². The van der Waals surface area contributed by atoms with Crippen LogP contribution in [0.15, 0.2) is 97.7 Å². The summed E-state index contributed by atoms with van der Waals surface area (Å²) in [5.74, 6) is -0.970. The quantitative estimate of drug-likeness (QED) is 0.0352. The number of aliphatic hydroxyl groups is 4. The minimum Gasteiger partial charge on any atom is -0.508 e. The number of hydrogen-bond acceptors (Lipinski definition) is 17. The zero-order valence-electron chi connectivity index (χ0n) is 35.2. The van der Waals surface area contributed by atoms with Crippen LogP contribution in [0.5, 0.6) is 28.7 Å². The summed E-state index contributed by atoms with van der Waals surface area (Å²) >= 11 is 0. The first-order chi connectivity index (χ1) is 31.9. The zero-order chi connectivity index (χ0) is 46.5. The molecule has 1 unspecified atom stereocenters. The lowest BCUT2D eigenvalue weighted by Crippen LogP contribution is -2.59. The second-order valence-electron chi connectivity index (χ2n) is 15.6. The van der Waals surface area contributed by atoms with Crippen LogP contribution in [-0.4, -0.2) is 133 Å². The van der Waals surface area contributed by atoms with Crippen LogP contribution in [0.3, 0.4) is 0 Å². The molecule has 20 nitrogen and oxygen atoms in total. The molecule has 4 heterocycles. The number of amides is 2. The van der Waals surface area contributed by atoms with Crippen molar-refractivity contribution in [1.82, 2.24) is 20.3 Å². The summed E-state index contributed by atoms with van der Waals surface area (Å²) in [6.45, 7) is 4.25. The Morgan fingerprint density at radius 1 is 0.879 bits per heavy atom. The molecule has 1 fully saturated rings. The van der Waals surface area contributed by atoms with Gasteiger partial charge in [0.25, 0.3) is 0 Å². The maximum Gasteiger partial charge on any atom is 0.340 e. The minimum absolute atomic E-state index is 0.0342. The van der Waals surface area contributed by atoms with E-state index in [1.807, 2.05) is 12.1 Å². The molecule has 0 saturated carbocycles. The number of rotatable bonds is 18. The number of ether oxygens (including phenoxy) is 6. The Morgan fingerprint density at radius 2 is 1.59 bits per heavy atom. The highest BCUT2D eigenvalue weighted by atomic mass is 16.7. The van der Waals surface area contributed by atoms with Gasteiger partial charge in [-0.05, 0) is 66.6 Å². The summed E-state index contributed by atoms with van der Waals surface area (Å²) < 4.78 is 36.1. The topological polar surface area (TPSA) is 283 Å². The standard InChI is InChI=1S/C46H47N5O15/c1-2-39(55)48-35(43(59)47-26-5-10-32-31(19-26)44(60)66-46(32)33-11-6-28(53)21-36(33)64-37-22-29(54)7-12-34(37)46)20-27-23-51(50-49-27)14-16-61-17-18-62-30-8-3-25(4-9-30)13-15-63-45-42(58)41(57)40(56)38(24-52)65-45/h2-12,19,21-23,35,38,40-42,45,52-54,56-58H,1,13-18,20,24H2,(H,47,59)(H,48,55)/t35?,38-,40-,41+,42-,45-/m1/s1. The van der Waals surface area contributed by atoms with Gasteiger partial charge in [0.05, 0.1) is 44.2 Å². The molecule has 346 valence electrons. The molecule has 0 aliphatic carbocycles. The molecule has 1 aromatic heterocycles. The van der Waals surface area contributed by atoms with Crippen molar-refractivity contribution in [3.63, 3.8) is 0 Å². The van der Waals surface area contributed by atoms with E-state index in [2.05, 4.69) is 27.5 Å². The number of fused-ring (bicyclic) bond motifs is 6. The Bertz CT molecular complexity index is 2530. The van der Waals surface area contributed by atoms with Gasteiger partial charge >= 0.3 is 5.97 Å². The smallest absolute Gasteiger partial charge is 0.340 e. The summed E-state index contributed by atoms with van der Waals surface area (Å²) in [5, 5.41) is 73.4. The van der Waals surface area contributed by atoms with Gasteiger partial charge in [-0.1, -0.05) is 30.0 Å². The Balaban J connectivity index is 0.816. The van der Waals surface area contributed by atoms with Gasteiger partial charge in [-0.25, -0.2) is 9.48 Å². The fraction of sp³-hybridized carbons (Fsp3) is 0.326. The Kier molecular flexibility index (Phi) is 13.6. The molecule has 8 N–H and O–H groups in total. The molecule has 66 heavy (non-hydrogen) atoms. The van der Waals surface area contributed by atoms with Crippen LogP contribution in [0, 0.1) is 0 Å². The van der Waals surface area contributed by atoms with Crippen LogP contribution >= 0.6 is 0 Å². The van der Waals surface area contributed by atoms with Crippen molar-refractivity contribution >= 4 is 23.5 Å². The molecule has 0 radical (unpaired) electrons. The molecule has 6 atom stereocenters. The molecule has 5 aromatic rings. The number of carbonyl (C=O) groups excluding carboxylic acids is 3. The van der Waals surface area contributed by atoms with E-state index in [-0.39, 0.29) is 67.1 Å². The van der Waals surface area contributed by atoms with Gasteiger partial charge in [-0.2, -0.15) is 0 Å². The number of phenolic OH excluding ortho intramolecular Hbond substituents is 2. The van der Waals surface area contributed by atoms with Gasteiger partial charge in [0.15, 0.2) is 11.9 Å². The highest BCUT2D eigenvalue weighted by molar-refractivity contribution is 6.02. The highest BCUT2D eigenvalue weighted by Gasteiger charge is 2.54. The second-order valence-corrected chi connectivity index (χ2v) is 15.6. The number of esters is 1. The van der Waals surface area contributed by atoms with Gasteiger partial charge in [0.1, 0.15) is 65.8 Å². The molecule has 0 bridgehead atoms. The monoisotopic (exact) mass is 909 g/mol. The SMILES string of the molecule is C=CC(=O)NC(Cc1cn(CCOCCOc2ccc(CCO[C@@H]3O[C@H](CO)[C@@H](O)[C@H](O)[C@H]3O)cc2)nn1)C(=O)Nc1ccc2c(c1)C(=O)OC21c2ccc(O)cc2Oc2cc(O)ccc21. The minimum atomic E-state index is -1.51. The first kappa shape index (κ1) is 45.7. The van der Waals surface area contributed by atoms with Crippen molar-refractivity contribution < 1.29 is 73.4 Å². The summed E-state index contributed by atoms with van der Waals surface area (Å²) in [4.78, 5) is 39.7. The van der Waals surface area contributed by atoms with Gasteiger partial charge in [0, 0.05) is 47.1 Å². The van der Waals surface area contributed by atoms with Crippen LogP contribution in [0.4, 0.5) is 5.69 Å². The van der Waals surface area contributed by atoms with E-state index in [1.54, 1.807) is 42.6 Å². The maximum absolute atomic E-state index is 13.7. The second kappa shape index (κ2) is 19.7. The number of aromatic nitrogens is 3. The van der Waals surface area contributed by atoms with Crippen LogP contribution in [0.25, 0.3) is 0 Å². The normalized spacial score (nSPS) is 20.5. The average Bonchev–Trinajstić information content (AvgIpc) is 3.88. The predicted molar refractivity (Wildman–Crippen MR) is 229 cm³/mol. The van der Waals surface area contributed by atoms with Gasteiger partial charge < -0.3 is 69.7 Å². The van der Waals surface area contributed by atoms with E-state index in [0.717, 1.165) is 11.6 Å². The van der Waals surface area contributed by atoms with E-state index < -0.39 is 66.7 Å². The van der Waals surface area contributed by atoms with Crippen molar-refractivity contribution in [2.75, 3.05) is 38.4 Å². The van der Waals surface area contributed by atoms with Crippen LogP contribution in [0.2, 0.25) is 0 Å². The van der Waals surface area contributed by atoms with Crippen molar-refractivity contribution in [1.29, 1.82) is 0 Å². The fourth-order valence-electron chi connectivity index (χ4n) is 7.93. The van der Waals surface area contributed by atoms with Gasteiger partial charge in [0.2, 0.25) is 11.8 Å². The molecular formula is C46H47N5O15. The Hall–Kier alpha value is -6.91.